The second-order valence-electron chi connectivity index (χ2n) is 9.88. The standard InChI is InChI=1S/C30H34N2O6/c1-5-35-23-11-13-25(14-12-23)37-19-28(33)31-22-8-15-27-26(18-22)32(29(34)20-38-27)16-17-36-24-9-6-21(7-10-24)30(2,3)4/h6-15,18H,5,16-17,19-20H2,1-4H3,(H,31,33). The zero-order chi connectivity index (χ0) is 27.1. The molecule has 38 heavy (non-hydrogen) atoms. The number of hydrogen-bond donors (Lipinski definition) is 1. The molecular weight excluding hydrogens is 484 g/mol. The van der Waals surface area contributed by atoms with E-state index in [0.717, 1.165) is 11.5 Å². The van der Waals surface area contributed by atoms with Crippen molar-refractivity contribution in [3.05, 3.63) is 72.3 Å². The van der Waals surface area contributed by atoms with Crippen LogP contribution in [0.25, 0.3) is 0 Å². The largest absolute Gasteiger partial charge is 0.494 e. The predicted molar refractivity (Wildman–Crippen MR) is 147 cm³/mol. The quantitative estimate of drug-likeness (QED) is 0.397. The van der Waals surface area contributed by atoms with E-state index in [0.29, 0.717) is 42.6 Å². The Morgan fingerprint density at radius 1 is 0.921 bits per heavy atom. The first-order valence-electron chi connectivity index (χ1n) is 12.7. The molecule has 1 heterocycles. The highest BCUT2D eigenvalue weighted by Gasteiger charge is 2.26. The highest BCUT2D eigenvalue weighted by atomic mass is 16.5. The maximum absolute atomic E-state index is 12.6. The van der Waals surface area contributed by atoms with Gasteiger partial charge in [0.25, 0.3) is 11.8 Å². The van der Waals surface area contributed by atoms with Crippen molar-refractivity contribution in [3.63, 3.8) is 0 Å². The minimum atomic E-state index is -0.324. The third-order valence-corrected chi connectivity index (χ3v) is 5.99. The van der Waals surface area contributed by atoms with E-state index in [2.05, 4.69) is 38.2 Å². The van der Waals surface area contributed by atoms with Gasteiger partial charge in [-0.25, -0.2) is 0 Å². The number of rotatable bonds is 10. The fourth-order valence-electron chi connectivity index (χ4n) is 3.98. The molecule has 0 fully saturated rings. The van der Waals surface area contributed by atoms with E-state index in [4.69, 9.17) is 18.9 Å². The van der Waals surface area contributed by atoms with E-state index in [1.54, 1.807) is 47.4 Å². The van der Waals surface area contributed by atoms with Gasteiger partial charge >= 0.3 is 0 Å². The third kappa shape index (κ3) is 6.97. The van der Waals surface area contributed by atoms with Crippen LogP contribution in [0.5, 0.6) is 23.0 Å². The molecule has 0 saturated carbocycles. The predicted octanol–water partition coefficient (Wildman–Crippen LogP) is 5.20. The van der Waals surface area contributed by atoms with E-state index in [1.807, 2.05) is 19.1 Å². The minimum absolute atomic E-state index is 0.0467. The van der Waals surface area contributed by atoms with Crippen molar-refractivity contribution in [1.29, 1.82) is 0 Å². The fraction of sp³-hybridized carbons (Fsp3) is 0.333. The molecule has 0 saturated heterocycles. The van der Waals surface area contributed by atoms with Gasteiger partial charge in [0.15, 0.2) is 13.2 Å². The molecule has 1 aliphatic heterocycles. The molecule has 200 valence electrons. The Hall–Kier alpha value is -4.20. The van der Waals surface area contributed by atoms with Gasteiger partial charge in [-0.1, -0.05) is 32.9 Å². The van der Waals surface area contributed by atoms with Crippen LogP contribution < -0.4 is 29.2 Å². The van der Waals surface area contributed by atoms with Gasteiger partial charge in [-0.3, -0.25) is 9.59 Å². The van der Waals surface area contributed by atoms with Crippen molar-refractivity contribution >= 4 is 23.2 Å². The summed E-state index contributed by atoms with van der Waals surface area (Å²) < 4.78 is 22.5. The molecule has 0 spiro atoms. The number of ether oxygens (including phenoxy) is 4. The van der Waals surface area contributed by atoms with Gasteiger partial charge in [-0.05, 0) is 72.5 Å². The Morgan fingerprint density at radius 3 is 2.21 bits per heavy atom. The second-order valence-corrected chi connectivity index (χ2v) is 9.88. The third-order valence-electron chi connectivity index (χ3n) is 5.99. The summed E-state index contributed by atoms with van der Waals surface area (Å²) in [6.07, 6.45) is 0. The van der Waals surface area contributed by atoms with Crippen LogP contribution in [-0.2, 0) is 15.0 Å². The molecule has 3 aromatic carbocycles. The molecule has 8 heteroatoms. The van der Waals surface area contributed by atoms with E-state index < -0.39 is 0 Å². The van der Waals surface area contributed by atoms with Gasteiger partial charge in [0.05, 0.1) is 18.8 Å². The van der Waals surface area contributed by atoms with Crippen LogP contribution in [0.15, 0.2) is 66.7 Å². The van der Waals surface area contributed by atoms with Crippen molar-refractivity contribution in [2.45, 2.75) is 33.1 Å². The summed E-state index contributed by atoms with van der Waals surface area (Å²) >= 11 is 0. The number of amides is 2. The first-order chi connectivity index (χ1) is 18.2. The van der Waals surface area contributed by atoms with Crippen molar-refractivity contribution in [2.24, 2.45) is 0 Å². The SMILES string of the molecule is CCOc1ccc(OCC(=O)Nc2ccc3c(c2)N(CCOc2ccc(C(C)(C)C)cc2)C(=O)CO3)cc1. The average molecular weight is 519 g/mol. The monoisotopic (exact) mass is 518 g/mol. The highest BCUT2D eigenvalue weighted by Crippen LogP contribution is 2.34. The molecule has 0 bridgehead atoms. The maximum atomic E-state index is 12.6. The lowest BCUT2D eigenvalue weighted by Crippen LogP contribution is -2.41. The molecule has 0 unspecified atom stereocenters. The molecule has 8 nitrogen and oxygen atoms in total. The van der Waals surface area contributed by atoms with E-state index >= 15 is 0 Å². The normalized spacial score (nSPS) is 12.8. The van der Waals surface area contributed by atoms with Crippen molar-refractivity contribution in [3.8, 4) is 23.0 Å². The smallest absolute Gasteiger partial charge is 0.265 e. The zero-order valence-electron chi connectivity index (χ0n) is 22.3. The van der Waals surface area contributed by atoms with Crippen LogP contribution >= 0.6 is 0 Å². The van der Waals surface area contributed by atoms with Gasteiger partial charge < -0.3 is 29.2 Å². The van der Waals surface area contributed by atoms with Crippen molar-refractivity contribution in [2.75, 3.05) is 43.2 Å². The molecule has 3 aromatic rings. The van der Waals surface area contributed by atoms with Crippen LogP contribution in [0.1, 0.15) is 33.3 Å². The van der Waals surface area contributed by atoms with Gasteiger partial charge in [-0.2, -0.15) is 0 Å². The summed E-state index contributed by atoms with van der Waals surface area (Å²) in [4.78, 5) is 26.8. The van der Waals surface area contributed by atoms with Gasteiger partial charge in [0, 0.05) is 5.69 Å². The number of carbonyl (C=O) groups excluding carboxylic acids is 2. The number of anilines is 2. The molecule has 0 aromatic heterocycles. The topological polar surface area (TPSA) is 86.3 Å². The summed E-state index contributed by atoms with van der Waals surface area (Å²) in [7, 11) is 0. The van der Waals surface area contributed by atoms with Crippen molar-refractivity contribution < 1.29 is 28.5 Å². The number of benzene rings is 3. The van der Waals surface area contributed by atoms with E-state index in [1.165, 1.54) is 5.56 Å². The average Bonchev–Trinajstić information content (AvgIpc) is 2.89. The zero-order valence-corrected chi connectivity index (χ0v) is 22.3. The maximum Gasteiger partial charge on any atom is 0.265 e. The van der Waals surface area contributed by atoms with Crippen LogP contribution in [0.3, 0.4) is 0 Å². The lowest BCUT2D eigenvalue weighted by atomic mass is 9.87. The van der Waals surface area contributed by atoms with Crippen LogP contribution in [0.2, 0.25) is 0 Å². The Bertz CT molecular complexity index is 1250. The van der Waals surface area contributed by atoms with Gasteiger partial charge in [-0.15, -0.1) is 0 Å². The molecule has 0 atom stereocenters. The molecule has 0 aliphatic carbocycles. The highest BCUT2D eigenvalue weighted by molar-refractivity contribution is 5.99. The van der Waals surface area contributed by atoms with Crippen molar-refractivity contribution in [1.82, 2.24) is 0 Å². The van der Waals surface area contributed by atoms with E-state index in [9.17, 15) is 9.59 Å². The molecule has 1 N–H and O–H groups in total. The lowest BCUT2D eigenvalue weighted by Gasteiger charge is -2.29. The molecule has 2 amide bonds. The van der Waals surface area contributed by atoms with E-state index in [-0.39, 0.29) is 30.4 Å². The van der Waals surface area contributed by atoms with Gasteiger partial charge in [0.1, 0.15) is 29.6 Å². The number of nitrogens with one attached hydrogen (secondary N) is 1. The Balaban J connectivity index is 1.34. The van der Waals surface area contributed by atoms with Crippen LogP contribution in [-0.4, -0.2) is 44.8 Å². The first kappa shape index (κ1) is 26.9. The number of fused-ring (bicyclic) bond motifs is 1. The number of hydrogen-bond acceptors (Lipinski definition) is 6. The summed E-state index contributed by atoms with van der Waals surface area (Å²) in [6, 6.07) is 20.3. The first-order valence-corrected chi connectivity index (χ1v) is 12.7. The van der Waals surface area contributed by atoms with Crippen LogP contribution in [0.4, 0.5) is 11.4 Å². The second kappa shape index (κ2) is 11.9. The summed E-state index contributed by atoms with van der Waals surface area (Å²) in [5, 5.41) is 2.82. The lowest BCUT2D eigenvalue weighted by molar-refractivity contribution is -0.121. The minimum Gasteiger partial charge on any atom is -0.494 e. The molecule has 0 radical (unpaired) electrons. The summed E-state index contributed by atoms with van der Waals surface area (Å²) in [6.45, 7) is 9.43. The summed E-state index contributed by atoms with van der Waals surface area (Å²) in [5.74, 6) is 2.12. The molecular formula is C30H34N2O6. The number of nitrogens with zero attached hydrogens (tertiary/aromatic N) is 1. The Morgan fingerprint density at radius 2 is 1.55 bits per heavy atom. The Kier molecular flexibility index (Phi) is 8.41. The number of carbonyl (C=O) groups is 2. The molecule has 1 aliphatic rings. The van der Waals surface area contributed by atoms with Crippen LogP contribution in [0, 0.1) is 0 Å². The Labute approximate surface area is 223 Å². The fourth-order valence-corrected chi connectivity index (χ4v) is 3.98. The molecule has 4 rings (SSSR count). The summed E-state index contributed by atoms with van der Waals surface area (Å²) in [5.41, 5.74) is 2.41. The van der Waals surface area contributed by atoms with Gasteiger partial charge in [0.2, 0.25) is 0 Å².